The second kappa shape index (κ2) is 6.34. The van der Waals surface area contributed by atoms with Gasteiger partial charge in [-0.1, -0.05) is 6.42 Å². The van der Waals surface area contributed by atoms with E-state index in [0.717, 1.165) is 38.9 Å². The molecule has 1 amide bonds. The van der Waals surface area contributed by atoms with Crippen LogP contribution in [-0.2, 0) is 9.59 Å². The molecule has 3 rings (SSSR count). The number of carboxylic acids is 1. The smallest absolute Gasteiger partial charge is 0.303 e. The van der Waals surface area contributed by atoms with Crippen molar-refractivity contribution in [3.05, 3.63) is 0 Å². The molecule has 5 nitrogen and oxygen atoms in total. The van der Waals surface area contributed by atoms with Crippen molar-refractivity contribution in [1.29, 1.82) is 0 Å². The Hall–Kier alpha value is -1.10. The van der Waals surface area contributed by atoms with Crippen molar-refractivity contribution in [1.82, 2.24) is 10.2 Å². The third kappa shape index (κ3) is 3.23. The van der Waals surface area contributed by atoms with Crippen LogP contribution in [0.1, 0.15) is 44.9 Å². The summed E-state index contributed by atoms with van der Waals surface area (Å²) in [7, 11) is 0. The van der Waals surface area contributed by atoms with Gasteiger partial charge in [0.2, 0.25) is 5.91 Å². The number of hydrogen-bond acceptors (Lipinski definition) is 3. The van der Waals surface area contributed by atoms with Gasteiger partial charge in [0.1, 0.15) is 0 Å². The van der Waals surface area contributed by atoms with Crippen molar-refractivity contribution < 1.29 is 14.7 Å². The summed E-state index contributed by atoms with van der Waals surface area (Å²) in [6.45, 7) is 2.62. The summed E-state index contributed by atoms with van der Waals surface area (Å²) >= 11 is 0. The number of carbonyl (C=O) groups excluding carboxylic acids is 1. The third-order valence-electron chi connectivity index (χ3n) is 5.70. The van der Waals surface area contributed by atoms with Gasteiger partial charge in [-0.25, -0.2) is 0 Å². The summed E-state index contributed by atoms with van der Waals surface area (Å²) < 4.78 is 0. The molecule has 3 atom stereocenters. The van der Waals surface area contributed by atoms with Crippen LogP contribution in [0.15, 0.2) is 0 Å². The average molecular weight is 294 g/mol. The molecule has 2 saturated heterocycles. The maximum absolute atomic E-state index is 12.7. The predicted molar refractivity (Wildman–Crippen MR) is 78.8 cm³/mol. The van der Waals surface area contributed by atoms with Crippen molar-refractivity contribution in [2.24, 2.45) is 17.8 Å². The predicted octanol–water partition coefficient (Wildman–Crippen LogP) is 1.48. The molecule has 2 heterocycles. The van der Waals surface area contributed by atoms with Crippen molar-refractivity contribution in [3.8, 4) is 0 Å². The normalized spacial score (nSPS) is 33.1. The highest BCUT2D eigenvalue weighted by Gasteiger charge is 2.44. The van der Waals surface area contributed by atoms with Gasteiger partial charge < -0.3 is 15.3 Å². The van der Waals surface area contributed by atoms with Crippen molar-refractivity contribution in [2.45, 2.75) is 51.0 Å². The van der Waals surface area contributed by atoms with Crippen LogP contribution in [0, 0.1) is 17.8 Å². The molecule has 2 N–H and O–H groups in total. The number of aliphatic carboxylic acids is 1. The molecule has 3 fully saturated rings. The molecule has 1 saturated carbocycles. The maximum Gasteiger partial charge on any atom is 0.303 e. The first kappa shape index (κ1) is 14.8. The minimum atomic E-state index is -0.712. The van der Waals surface area contributed by atoms with Gasteiger partial charge in [0.05, 0.1) is 6.04 Å². The highest BCUT2D eigenvalue weighted by molar-refractivity contribution is 5.82. The van der Waals surface area contributed by atoms with Crippen LogP contribution in [-0.4, -0.2) is 47.6 Å². The van der Waals surface area contributed by atoms with Crippen LogP contribution >= 0.6 is 0 Å². The van der Waals surface area contributed by atoms with Gasteiger partial charge in [-0.05, 0) is 56.4 Å². The second-order valence-corrected chi connectivity index (χ2v) is 6.94. The van der Waals surface area contributed by atoms with E-state index in [2.05, 4.69) is 5.32 Å². The van der Waals surface area contributed by atoms with E-state index in [1.54, 1.807) is 0 Å². The van der Waals surface area contributed by atoms with Crippen molar-refractivity contribution in [2.75, 3.05) is 19.6 Å². The Bertz CT molecular complexity index is 404. The lowest BCUT2D eigenvalue weighted by molar-refractivity contribution is -0.138. The van der Waals surface area contributed by atoms with Crippen LogP contribution in [0.25, 0.3) is 0 Å². The van der Waals surface area contributed by atoms with E-state index < -0.39 is 5.97 Å². The quantitative estimate of drug-likeness (QED) is 0.824. The van der Waals surface area contributed by atoms with Gasteiger partial charge in [-0.3, -0.25) is 9.59 Å². The van der Waals surface area contributed by atoms with E-state index >= 15 is 0 Å². The number of piperidine rings is 1. The first-order chi connectivity index (χ1) is 10.1. The van der Waals surface area contributed by atoms with Crippen LogP contribution in [0.2, 0.25) is 0 Å². The summed E-state index contributed by atoms with van der Waals surface area (Å²) in [5.74, 6) is 1.33. The molecule has 0 spiro atoms. The summed E-state index contributed by atoms with van der Waals surface area (Å²) in [5, 5.41) is 12.2. The number of rotatable bonds is 4. The van der Waals surface area contributed by atoms with Gasteiger partial charge >= 0.3 is 5.97 Å². The zero-order valence-corrected chi connectivity index (χ0v) is 12.6. The molecule has 1 aliphatic carbocycles. The molecular weight excluding hydrogens is 268 g/mol. The first-order valence-electron chi connectivity index (χ1n) is 8.39. The number of nitrogens with one attached hydrogen (secondary N) is 1. The average Bonchev–Trinajstić information content (AvgIpc) is 3.07. The minimum Gasteiger partial charge on any atom is -0.481 e. The maximum atomic E-state index is 12.7. The molecule has 0 aromatic rings. The lowest BCUT2D eigenvalue weighted by Gasteiger charge is -2.34. The lowest BCUT2D eigenvalue weighted by Crippen LogP contribution is -2.49. The van der Waals surface area contributed by atoms with E-state index in [9.17, 15) is 9.59 Å². The van der Waals surface area contributed by atoms with Gasteiger partial charge in [0.15, 0.2) is 0 Å². The fourth-order valence-electron chi connectivity index (χ4n) is 4.42. The summed E-state index contributed by atoms with van der Waals surface area (Å²) in [6.07, 6.45) is 6.68. The van der Waals surface area contributed by atoms with E-state index in [1.807, 2.05) is 4.90 Å². The molecule has 5 heteroatoms. The van der Waals surface area contributed by atoms with Gasteiger partial charge in [-0.15, -0.1) is 0 Å². The Balaban J connectivity index is 1.48. The Labute approximate surface area is 126 Å². The number of fused-ring (bicyclic) bond motifs is 1. The molecule has 3 unspecified atom stereocenters. The molecule has 3 aliphatic rings. The molecule has 0 bridgehead atoms. The van der Waals surface area contributed by atoms with Crippen LogP contribution in [0.3, 0.4) is 0 Å². The Kier molecular flexibility index (Phi) is 4.48. The summed E-state index contributed by atoms with van der Waals surface area (Å²) in [4.78, 5) is 25.3. The first-order valence-corrected chi connectivity index (χ1v) is 8.39. The van der Waals surface area contributed by atoms with Gasteiger partial charge in [0.25, 0.3) is 0 Å². The number of amides is 1. The SMILES string of the molecule is O=C(O)CCC1CCN(C(=O)C2NCC3CCCC32)CC1. The zero-order chi connectivity index (χ0) is 14.8. The molecule has 0 radical (unpaired) electrons. The Morgan fingerprint density at radius 3 is 2.62 bits per heavy atom. The lowest BCUT2D eigenvalue weighted by atomic mass is 9.90. The highest BCUT2D eigenvalue weighted by Crippen LogP contribution is 2.38. The van der Waals surface area contributed by atoms with E-state index in [-0.39, 0.29) is 12.5 Å². The minimum absolute atomic E-state index is 0.0491. The summed E-state index contributed by atoms with van der Waals surface area (Å²) in [5.41, 5.74) is 0. The molecule has 0 aromatic heterocycles. The van der Waals surface area contributed by atoms with Gasteiger partial charge in [0, 0.05) is 19.5 Å². The Morgan fingerprint density at radius 1 is 1.14 bits per heavy atom. The fraction of sp³-hybridized carbons (Fsp3) is 0.875. The monoisotopic (exact) mass is 294 g/mol. The van der Waals surface area contributed by atoms with Crippen molar-refractivity contribution >= 4 is 11.9 Å². The third-order valence-corrected chi connectivity index (χ3v) is 5.70. The molecular formula is C16H26N2O3. The molecule has 118 valence electrons. The van der Waals surface area contributed by atoms with Crippen LogP contribution < -0.4 is 5.32 Å². The highest BCUT2D eigenvalue weighted by atomic mass is 16.4. The molecule has 21 heavy (non-hydrogen) atoms. The van der Waals surface area contributed by atoms with E-state index in [1.165, 1.54) is 19.3 Å². The van der Waals surface area contributed by atoms with E-state index in [4.69, 9.17) is 5.11 Å². The second-order valence-electron chi connectivity index (χ2n) is 6.94. The summed E-state index contributed by atoms with van der Waals surface area (Å²) in [6, 6.07) is 0.0491. The molecule has 0 aromatic carbocycles. The number of hydrogen-bond donors (Lipinski definition) is 2. The topological polar surface area (TPSA) is 69.6 Å². The van der Waals surface area contributed by atoms with Crippen LogP contribution in [0.5, 0.6) is 0 Å². The van der Waals surface area contributed by atoms with Crippen LogP contribution in [0.4, 0.5) is 0 Å². The standard InChI is InChI=1S/C16H26N2O3/c19-14(20)5-4-11-6-8-18(9-7-11)16(21)15-13-3-1-2-12(13)10-17-15/h11-13,15,17H,1-10H2,(H,19,20). The fourth-order valence-corrected chi connectivity index (χ4v) is 4.42. The largest absolute Gasteiger partial charge is 0.481 e. The van der Waals surface area contributed by atoms with E-state index in [0.29, 0.717) is 23.7 Å². The number of carbonyl (C=O) groups is 2. The molecule has 2 aliphatic heterocycles. The Morgan fingerprint density at radius 2 is 1.90 bits per heavy atom. The number of likely N-dealkylation sites (tertiary alicyclic amines) is 1. The zero-order valence-electron chi connectivity index (χ0n) is 12.6. The van der Waals surface area contributed by atoms with Crippen molar-refractivity contribution in [3.63, 3.8) is 0 Å². The number of nitrogens with zero attached hydrogens (tertiary/aromatic N) is 1. The van der Waals surface area contributed by atoms with Gasteiger partial charge in [-0.2, -0.15) is 0 Å². The number of carboxylic acid groups (broad SMARTS) is 1.